The first-order valence-corrected chi connectivity index (χ1v) is 6.09. The summed E-state index contributed by atoms with van der Waals surface area (Å²) in [5, 5.41) is 0. The summed E-state index contributed by atoms with van der Waals surface area (Å²) in [6, 6.07) is 15.0. The van der Waals surface area contributed by atoms with Crippen molar-refractivity contribution < 1.29 is 9.18 Å². The smallest absolute Gasteiger partial charge is 0.180 e. The molecule has 2 rings (SSSR count). The summed E-state index contributed by atoms with van der Waals surface area (Å²) >= 11 is 3.36. The van der Waals surface area contributed by atoms with Gasteiger partial charge in [0.1, 0.15) is 10.6 Å². The maximum atomic E-state index is 12.8. The van der Waals surface area contributed by atoms with Crippen molar-refractivity contribution in [3.05, 3.63) is 71.5 Å². The highest BCUT2D eigenvalue weighted by Gasteiger charge is 2.18. The zero-order chi connectivity index (χ0) is 12.3. The largest absolute Gasteiger partial charge is 0.293 e. The Bertz CT molecular complexity index is 508. The van der Waals surface area contributed by atoms with E-state index in [0.717, 1.165) is 5.56 Å². The maximum absolute atomic E-state index is 12.8. The molecule has 0 aliphatic heterocycles. The van der Waals surface area contributed by atoms with Gasteiger partial charge in [-0.05, 0) is 29.8 Å². The Hall–Kier alpha value is -1.48. The van der Waals surface area contributed by atoms with Crippen LogP contribution in [0.15, 0.2) is 54.6 Å². The van der Waals surface area contributed by atoms with Crippen LogP contribution >= 0.6 is 15.9 Å². The van der Waals surface area contributed by atoms with Crippen molar-refractivity contribution in [2.75, 3.05) is 0 Å². The third-order valence-corrected chi connectivity index (χ3v) is 3.40. The molecule has 0 aliphatic rings. The molecule has 86 valence electrons. The van der Waals surface area contributed by atoms with Crippen LogP contribution in [0.2, 0.25) is 0 Å². The third-order valence-electron chi connectivity index (χ3n) is 2.45. The van der Waals surface area contributed by atoms with Crippen LogP contribution < -0.4 is 0 Å². The molecular weight excluding hydrogens is 283 g/mol. The first-order chi connectivity index (χ1) is 8.18. The third kappa shape index (κ3) is 2.80. The van der Waals surface area contributed by atoms with E-state index in [4.69, 9.17) is 0 Å². The molecule has 0 saturated heterocycles. The molecule has 0 aromatic heterocycles. The Morgan fingerprint density at radius 2 is 1.59 bits per heavy atom. The summed E-state index contributed by atoms with van der Waals surface area (Å²) in [5.41, 5.74) is 1.39. The van der Waals surface area contributed by atoms with E-state index >= 15 is 0 Å². The summed E-state index contributed by atoms with van der Waals surface area (Å²) < 4.78 is 12.8. The van der Waals surface area contributed by atoms with Gasteiger partial charge in [-0.25, -0.2) is 4.39 Å². The van der Waals surface area contributed by atoms with E-state index in [9.17, 15) is 9.18 Å². The predicted octanol–water partition coefficient (Wildman–Crippen LogP) is 4.14. The van der Waals surface area contributed by atoms with E-state index in [1.165, 1.54) is 24.3 Å². The van der Waals surface area contributed by atoms with Gasteiger partial charge in [-0.1, -0.05) is 46.3 Å². The fourth-order valence-electron chi connectivity index (χ4n) is 1.53. The van der Waals surface area contributed by atoms with Crippen molar-refractivity contribution >= 4 is 21.7 Å². The summed E-state index contributed by atoms with van der Waals surface area (Å²) in [6.07, 6.45) is 0. The second-order valence-electron chi connectivity index (χ2n) is 3.64. The van der Waals surface area contributed by atoms with Gasteiger partial charge in [0.05, 0.1) is 0 Å². The standard InChI is InChI=1S/C14H10BrFO/c15-13(10-4-2-1-3-5-10)14(17)11-6-8-12(16)9-7-11/h1-9,13H. The number of hydrogen-bond donors (Lipinski definition) is 0. The highest BCUT2D eigenvalue weighted by atomic mass is 79.9. The van der Waals surface area contributed by atoms with Crippen molar-refractivity contribution in [1.82, 2.24) is 0 Å². The van der Waals surface area contributed by atoms with Gasteiger partial charge in [0, 0.05) is 5.56 Å². The van der Waals surface area contributed by atoms with Crippen molar-refractivity contribution in [1.29, 1.82) is 0 Å². The SMILES string of the molecule is O=C(c1ccc(F)cc1)C(Br)c1ccccc1. The zero-order valence-corrected chi connectivity index (χ0v) is 10.5. The van der Waals surface area contributed by atoms with E-state index < -0.39 is 4.83 Å². The minimum absolute atomic E-state index is 0.0730. The van der Waals surface area contributed by atoms with Gasteiger partial charge in [-0.2, -0.15) is 0 Å². The molecule has 0 aliphatic carbocycles. The molecular formula is C14H10BrFO. The van der Waals surface area contributed by atoms with Gasteiger partial charge in [-0.15, -0.1) is 0 Å². The number of carbonyl (C=O) groups excluding carboxylic acids is 1. The van der Waals surface area contributed by atoms with Gasteiger partial charge < -0.3 is 0 Å². The molecule has 0 spiro atoms. The van der Waals surface area contributed by atoms with E-state index in [1.807, 2.05) is 30.3 Å². The van der Waals surface area contributed by atoms with Crippen molar-refractivity contribution in [3.63, 3.8) is 0 Å². The highest BCUT2D eigenvalue weighted by Crippen LogP contribution is 2.26. The molecule has 2 aromatic rings. The number of rotatable bonds is 3. The lowest BCUT2D eigenvalue weighted by molar-refractivity contribution is 0.0991. The Kier molecular flexibility index (Phi) is 3.69. The number of alkyl halides is 1. The van der Waals surface area contributed by atoms with Crippen LogP contribution in [0.5, 0.6) is 0 Å². The minimum atomic E-state index is -0.394. The molecule has 0 radical (unpaired) electrons. The summed E-state index contributed by atoms with van der Waals surface area (Å²) in [7, 11) is 0. The van der Waals surface area contributed by atoms with Crippen LogP contribution in [-0.4, -0.2) is 5.78 Å². The number of halogens is 2. The Labute approximate surface area is 107 Å². The molecule has 1 unspecified atom stereocenters. The first-order valence-electron chi connectivity index (χ1n) is 5.17. The van der Waals surface area contributed by atoms with Crippen LogP contribution in [-0.2, 0) is 0 Å². The fourth-order valence-corrected chi connectivity index (χ4v) is 2.10. The summed E-state index contributed by atoms with van der Waals surface area (Å²) in [5.74, 6) is -0.413. The lowest BCUT2D eigenvalue weighted by Crippen LogP contribution is -2.06. The van der Waals surface area contributed by atoms with Crippen LogP contribution in [0, 0.1) is 5.82 Å². The molecule has 0 N–H and O–H groups in total. The van der Waals surface area contributed by atoms with Crippen LogP contribution in [0.1, 0.15) is 20.7 Å². The van der Waals surface area contributed by atoms with Crippen LogP contribution in [0.4, 0.5) is 4.39 Å². The number of ketones is 1. The number of Topliss-reactive ketones (excluding diaryl/α,β-unsaturated/α-hetero) is 1. The number of hydrogen-bond acceptors (Lipinski definition) is 1. The molecule has 2 aromatic carbocycles. The Balaban J connectivity index is 2.23. The number of benzene rings is 2. The van der Waals surface area contributed by atoms with Crippen molar-refractivity contribution in [2.24, 2.45) is 0 Å². The summed E-state index contributed by atoms with van der Waals surface area (Å²) in [4.78, 5) is 11.7. The molecule has 17 heavy (non-hydrogen) atoms. The second kappa shape index (κ2) is 5.23. The molecule has 0 saturated carbocycles. The lowest BCUT2D eigenvalue weighted by Gasteiger charge is -2.08. The van der Waals surface area contributed by atoms with Gasteiger partial charge in [0.25, 0.3) is 0 Å². The van der Waals surface area contributed by atoms with Gasteiger partial charge >= 0.3 is 0 Å². The normalized spacial score (nSPS) is 12.1. The molecule has 3 heteroatoms. The lowest BCUT2D eigenvalue weighted by atomic mass is 10.0. The van der Waals surface area contributed by atoms with E-state index in [2.05, 4.69) is 15.9 Å². The molecule has 0 bridgehead atoms. The van der Waals surface area contributed by atoms with Crippen LogP contribution in [0.25, 0.3) is 0 Å². The van der Waals surface area contributed by atoms with E-state index in [1.54, 1.807) is 0 Å². The van der Waals surface area contributed by atoms with E-state index in [-0.39, 0.29) is 11.6 Å². The van der Waals surface area contributed by atoms with Crippen LogP contribution in [0.3, 0.4) is 0 Å². The number of carbonyl (C=O) groups is 1. The second-order valence-corrected chi connectivity index (χ2v) is 4.56. The Morgan fingerprint density at radius 3 is 2.18 bits per heavy atom. The first kappa shape index (κ1) is 12.0. The van der Waals surface area contributed by atoms with Gasteiger partial charge in [-0.3, -0.25) is 4.79 Å². The average molecular weight is 293 g/mol. The molecule has 1 atom stereocenters. The topological polar surface area (TPSA) is 17.1 Å². The van der Waals surface area contributed by atoms with Crippen molar-refractivity contribution in [2.45, 2.75) is 4.83 Å². The summed E-state index contributed by atoms with van der Waals surface area (Å²) in [6.45, 7) is 0. The quantitative estimate of drug-likeness (QED) is 0.614. The molecule has 0 amide bonds. The van der Waals surface area contributed by atoms with Gasteiger partial charge in [0.15, 0.2) is 5.78 Å². The monoisotopic (exact) mass is 292 g/mol. The highest BCUT2D eigenvalue weighted by molar-refractivity contribution is 9.09. The maximum Gasteiger partial charge on any atom is 0.180 e. The Morgan fingerprint density at radius 1 is 1.00 bits per heavy atom. The molecule has 1 nitrogen and oxygen atoms in total. The molecule has 0 heterocycles. The van der Waals surface area contributed by atoms with Crippen molar-refractivity contribution in [3.8, 4) is 0 Å². The van der Waals surface area contributed by atoms with Gasteiger partial charge in [0.2, 0.25) is 0 Å². The molecule has 0 fully saturated rings. The predicted molar refractivity (Wildman–Crippen MR) is 68.8 cm³/mol. The minimum Gasteiger partial charge on any atom is -0.293 e. The fraction of sp³-hybridized carbons (Fsp3) is 0.0714. The zero-order valence-electron chi connectivity index (χ0n) is 8.94. The average Bonchev–Trinajstić information content (AvgIpc) is 2.39. The van der Waals surface area contributed by atoms with E-state index in [0.29, 0.717) is 5.56 Å².